The summed E-state index contributed by atoms with van der Waals surface area (Å²) in [6.45, 7) is 18.4. The van der Waals surface area contributed by atoms with E-state index in [2.05, 4.69) is 48.5 Å². The second kappa shape index (κ2) is 8.17. The van der Waals surface area contributed by atoms with E-state index in [1.165, 1.54) is 24.8 Å². The lowest BCUT2D eigenvalue weighted by atomic mass is 9.33. The Morgan fingerprint density at radius 3 is 2.25 bits per heavy atom. The molecule has 4 heteroatoms. The fraction of sp³-hybridized carbons (Fsp3) is 0.875. The van der Waals surface area contributed by atoms with Gasteiger partial charge in [-0.15, -0.1) is 0 Å². The van der Waals surface area contributed by atoms with E-state index in [9.17, 15) is 14.7 Å². The maximum atomic E-state index is 13.3. The number of Topliss-reactive ketones (excluding diaryl/α,β-unsaturated/α-hetero) is 1. The fourth-order valence-corrected chi connectivity index (χ4v) is 11.3. The summed E-state index contributed by atoms with van der Waals surface area (Å²) in [7, 11) is 0. The summed E-state index contributed by atoms with van der Waals surface area (Å²) in [5.41, 5.74) is 2.66. The quantitative estimate of drug-likeness (QED) is 0.430. The number of aliphatic hydroxyl groups excluding tert-OH is 1. The van der Waals surface area contributed by atoms with Crippen molar-refractivity contribution in [3.63, 3.8) is 0 Å². The first-order valence-electron chi connectivity index (χ1n) is 14.7. The molecule has 0 aromatic carbocycles. The van der Waals surface area contributed by atoms with Crippen molar-refractivity contribution in [1.29, 1.82) is 0 Å². The van der Waals surface area contributed by atoms with E-state index in [-0.39, 0.29) is 51.7 Å². The summed E-state index contributed by atoms with van der Waals surface area (Å²) in [5.74, 6) is 1.94. The molecule has 5 rings (SSSR count). The van der Waals surface area contributed by atoms with Crippen LogP contribution < -0.4 is 0 Å². The molecule has 0 bridgehead atoms. The number of ketones is 1. The van der Waals surface area contributed by atoms with Gasteiger partial charge in [-0.05, 0) is 96.9 Å². The molecule has 4 saturated carbocycles. The van der Waals surface area contributed by atoms with E-state index >= 15 is 0 Å². The Morgan fingerprint density at radius 2 is 1.64 bits per heavy atom. The first-order valence-corrected chi connectivity index (χ1v) is 14.7. The number of fused-ring (bicyclic) bond motifs is 7. The predicted octanol–water partition coefficient (Wildman–Crippen LogP) is 6.89. The summed E-state index contributed by atoms with van der Waals surface area (Å²) < 4.78 is 5.88. The van der Waals surface area contributed by atoms with Crippen LogP contribution in [0.2, 0.25) is 0 Å². The Labute approximate surface area is 219 Å². The van der Waals surface area contributed by atoms with Gasteiger partial charge >= 0.3 is 5.97 Å². The van der Waals surface area contributed by atoms with Crippen LogP contribution in [0.25, 0.3) is 0 Å². The van der Waals surface area contributed by atoms with Crippen LogP contribution in [0.1, 0.15) is 113 Å². The molecule has 8 atom stereocenters. The average Bonchev–Trinajstić information content (AvgIpc) is 3.09. The third-order valence-corrected chi connectivity index (χ3v) is 13.1. The Kier molecular flexibility index (Phi) is 6.00. The molecule has 36 heavy (non-hydrogen) atoms. The highest BCUT2D eigenvalue weighted by Crippen LogP contribution is 2.76. The second-order valence-corrected chi connectivity index (χ2v) is 15.1. The zero-order valence-electron chi connectivity index (χ0n) is 24.1. The van der Waals surface area contributed by atoms with Crippen LogP contribution in [0.3, 0.4) is 0 Å². The largest absolute Gasteiger partial charge is 0.462 e. The first kappa shape index (κ1) is 26.4. The molecule has 4 nitrogen and oxygen atoms in total. The van der Waals surface area contributed by atoms with Gasteiger partial charge in [0.25, 0.3) is 0 Å². The monoisotopic (exact) mass is 498 g/mol. The van der Waals surface area contributed by atoms with Gasteiger partial charge in [0.15, 0.2) is 5.78 Å². The second-order valence-electron chi connectivity index (χ2n) is 15.1. The SMILES string of the molecule is CC(=O)O[C@H]1CC[C@]2(C)[C@H]3CCC4C5=C(C(C)C)C(=O)C[C@]5(CO)CC[C@@]4(C)[C@]3(C)CC[C@H]2C1(C)C. The van der Waals surface area contributed by atoms with E-state index in [1.807, 2.05) is 0 Å². The van der Waals surface area contributed by atoms with Crippen LogP contribution in [0.4, 0.5) is 0 Å². The minimum Gasteiger partial charge on any atom is -0.462 e. The molecule has 0 spiro atoms. The first-order chi connectivity index (χ1) is 16.7. The van der Waals surface area contributed by atoms with Crippen LogP contribution in [0, 0.1) is 50.7 Å². The number of allylic oxidation sites excluding steroid dienone is 1. The Bertz CT molecular complexity index is 992. The molecule has 0 heterocycles. The van der Waals surface area contributed by atoms with E-state index in [4.69, 9.17) is 4.74 Å². The van der Waals surface area contributed by atoms with Gasteiger partial charge in [-0.3, -0.25) is 9.59 Å². The smallest absolute Gasteiger partial charge is 0.302 e. The lowest BCUT2D eigenvalue weighted by molar-refractivity contribution is -0.233. The van der Waals surface area contributed by atoms with E-state index in [1.54, 1.807) is 6.92 Å². The Morgan fingerprint density at radius 1 is 0.944 bits per heavy atom. The number of esters is 1. The van der Waals surface area contributed by atoms with E-state index in [0.717, 1.165) is 37.7 Å². The average molecular weight is 499 g/mol. The highest BCUT2D eigenvalue weighted by atomic mass is 16.5. The van der Waals surface area contributed by atoms with Crippen molar-refractivity contribution in [2.24, 2.45) is 50.7 Å². The number of hydrogen-bond acceptors (Lipinski definition) is 4. The van der Waals surface area contributed by atoms with Crippen molar-refractivity contribution in [2.75, 3.05) is 6.61 Å². The minimum absolute atomic E-state index is 0.00691. The molecule has 0 radical (unpaired) electrons. The van der Waals surface area contributed by atoms with Gasteiger partial charge in [0.2, 0.25) is 0 Å². The molecule has 0 aliphatic heterocycles. The summed E-state index contributed by atoms with van der Waals surface area (Å²) in [6, 6.07) is 0. The van der Waals surface area contributed by atoms with Crippen LogP contribution in [-0.2, 0) is 14.3 Å². The van der Waals surface area contributed by atoms with E-state index in [0.29, 0.717) is 30.0 Å². The van der Waals surface area contributed by atoms with Crippen LogP contribution in [0.15, 0.2) is 11.1 Å². The van der Waals surface area contributed by atoms with Gasteiger partial charge in [-0.1, -0.05) is 54.0 Å². The minimum atomic E-state index is -0.310. The molecule has 4 fully saturated rings. The lowest BCUT2D eigenvalue weighted by Gasteiger charge is -2.72. The number of aliphatic hydroxyl groups is 1. The van der Waals surface area contributed by atoms with Crippen molar-refractivity contribution in [3.05, 3.63) is 11.1 Å². The maximum absolute atomic E-state index is 13.3. The highest BCUT2D eigenvalue weighted by molar-refractivity contribution is 6.00. The third kappa shape index (κ3) is 3.21. The van der Waals surface area contributed by atoms with Crippen LogP contribution in [-0.4, -0.2) is 29.6 Å². The Hall–Kier alpha value is -1.16. The number of rotatable bonds is 3. The molecular formula is C32H50O4. The number of ether oxygens (including phenoxy) is 1. The number of hydrogen-bond donors (Lipinski definition) is 1. The van der Waals surface area contributed by atoms with E-state index < -0.39 is 0 Å². The van der Waals surface area contributed by atoms with Gasteiger partial charge in [-0.2, -0.15) is 0 Å². The van der Waals surface area contributed by atoms with Gasteiger partial charge < -0.3 is 9.84 Å². The van der Waals surface area contributed by atoms with Crippen molar-refractivity contribution < 1.29 is 19.4 Å². The molecule has 0 saturated heterocycles. The summed E-state index contributed by atoms with van der Waals surface area (Å²) >= 11 is 0. The third-order valence-electron chi connectivity index (χ3n) is 13.1. The molecule has 1 N–H and O–H groups in total. The summed E-state index contributed by atoms with van der Waals surface area (Å²) in [5, 5.41) is 10.7. The predicted molar refractivity (Wildman–Crippen MR) is 142 cm³/mol. The molecule has 1 unspecified atom stereocenters. The Balaban J connectivity index is 1.55. The van der Waals surface area contributed by atoms with Crippen molar-refractivity contribution in [2.45, 2.75) is 119 Å². The summed E-state index contributed by atoms with van der Waals surface area (Å²) in [6.07, 6.45) is 9.36. The van der Waals surface area contributed by atoms with Crippen molar-refractivity contribution in [1.82, 2.24) is 0 Å². The van der Waals surface area contributed by atoms with Gasteiger partial charge in [0, 0.05) is 24.2 Å². The van der Waals surface area contributed by atoms with Crippen molar-refractivity contribution >= 4 is 11.8 Å². The van der Waals surface area contributed by atoms with Gasteiger partial charge in [0.1, 0.15) is 6.10 Å². The zero-order chi connectivity index (χ0) is 26.5. The number of carbonyl (C=O) groups is 2. The molecule has 202 valence electrons. The maximum Gasteiger partial charge on any atom is 0.302 e. The molecule has 0 aromatic heterocycles. The number of carbonyl (C=O) groups excluding carboxylic acids is 2. The van der Waals surface area contributed by atoms with Crippen molar-refractivity contribution in [3.8, 4) is 0 Å². The standard InChI is InChI=1S/C32H50O4/c1-19(2)26-22(35)17-32(18-33)16-15-30(7)21(27(26)32)9-10-24-29(6)13-12-25(36-20(3)34)28(4,5)23(29)11-14-31(24,30)8/h19,21,23-25,33H,9-18H2,1-8H3/t21?,23-,24+,25-,29-,30+,31+,32-/m0/s1. The molecule has 0 aromatic rings. The fourth-order valence-electron chi connectivity index (χ4n) is 11.3. The molecular weight excluding hydrogens is 448 g/mol. The zero-order valence-corrected chi connectivity index (χ0v) is 24.1. The normalized spacial score (nSPS) is 47.7. The lowest BCUT2D eigenvalue weighted by Crippen LogP contribution is -2.65. The van der Waals surface area contributed by atoms with Gasteiger partial charge in [0.05, 0.1) is 6.61 Å². The van der Waals surface area contributed by atoms with Crippen LogP contribution >= 0.6 is 0 Å². The van der Waals surface area contributed by atoms with Crippen LogP contribution in [0.5, 0.6) is 0 Å². The molecule has 0 amide bonds. The van der Waals surface area contributed by atoms with Gasteiger partial charge in [-0.25, -0.2) is 0 Å². The highest BCUT2D eigenvalue weighted by Gasteiger charge is 2.70. The molecule has 5 aliphatic rings. The summed E-state index contributed by atoms with van der Waals surface area (Å²) in [4.78, 5) is 25.2. The molecule has 5 aliphatic carbocycles. The topological polar surface area (TPSA) is 63.6 Å².